The normalized spacial score (nSPS) is 26.3. The van der Waals surface area contributed by atoms with Crippen LogP contribution < -0.4 is 10.2 Å². The van der Waals surface area contributed by atoms with Crippen LogP contribution in [0.25, 0.3) is 0 Å². The molecule has 1 aromatic rings. The summed E-state index contributed by atoms with van der Waals surface area (Å²) in [5.41, 5.74) is 0.754. The summed E-state index contributed by atoms with van der Waals surface area (Å²) in [5.74, 6) is 0.591. The van der Waals surface area contributed by atoms with Crippen LogP contribution in [-0.2, 0) is 0 Å². The average Bonchev–Trinajstić information content (AvgIpc) is 2.85. The van der Waals surface area contributed by atoms with E-state index in [2.05, 4.69) is 31.1 Å². The first-order valence-electron chi connectivity index (χ1n) is 6.43. The Balaban J connectivity index is 1.91. The van der Waals surface area contributed by atoms with Crippen LogP contribution in [-0.4, -0.2) is 35.6 Å². The van der Waals surface area contributed by atoms with Gasteiger partial charge in [-0.3, -0.25) is 15.1 Å². The number of hydrogen-bond acceptors (Lipinski definition) is 5. The second kappa shape index (κ2) is 5.05. The van der Waals surface area contributed by atoms with Gasteiger partial charge in [-0.2, -0.15) is 0 Å². The zero-order chi connectivity index (χ0) is 13.4. The van der Waals surface area contributed by atoms with Crippen molar-refractivity contribution in [2.45, 2.75) is 18.9 Å². The Morgan fingerprint density at radius 3 is 3.11 bits per heavy atom. The van der Waals surface area contributed by atoms with Gasteiger partial charge in [0.05, 0.1) is 9.40 Å². The molecule has 102 valence electrons. The van der Waals surface area contributed by atoms with Crippen LogP contribution in [0.4, 0.5) is 11.4 Å². The number of anilines is 1. The summed E-state index contributed by atoms with van der Waals surface area (Å²) in [6.45, 7) is 2.78. The Labute approximate surface area is 119 Å². The van der Waals surface area contributed by atoms with E-state index in [4.69, 9.17) is 0 Å². The topological polar surface area (TPSA) is 71.3 Å². The molecule has 3 heterocycles. The molecule has 1 N–H and O–H groups in total. The predicted molar refractivity (Wildman–Crippen MR) is 75.3 cm³/mol. The number of aromatic nitrogens is 1. The van der Waals surface area contributed by atoms with Gasteiger partial charge in [0.1, 0.15) is 11.9 Å². The number of nitrogens with one attached hydrogen (secondary N) is 1. The molecule has 0 radical (unpaired) electrons. The molecule has 0 saturated carbocycles. The zero-order valence-corrected chi connectivity index (χ0v) is 12.0. The largest absolute Gasteiger partial charge is 0.365 e. The lowest BCUT2D eigenvalue weighted by Gasteiger charge is -2.36. The molecule has 0 spiro atoms. The molecule has 0 amide bonds. The highest BCUT2D eigenvalue weighted by molar-refractivity contribution is 9.10. The molecule has 3 rings (SSSR count). The van der Waals surface area contributed by atoms with Crippen molar-refractivity contribution in [3.05, 3.63) is 27.0 Å². The SMILES string of the molecule is O=[N+]([O-])c1cncc(Br)c1N1CCC2NCCC2C1. The Hall–Kier alpha value is -1.21. The number of hydrogen-bond donors (Lipinski definition) is 1. The number of rotatable bonds is 2. The van der Waals surface area contributed by atoms with Gasteiger partial charge in [0, 0.05) is 25.3 Å². The quantitative estimate of drug-likeness (QED) is 0.664. The number of halogens is 1. The van der Waals surface area contributed by atoms with Crippen LogP contribution in [0.3, 0.4) is 0 Å². The van der Waals surface area contributed by atoms with Crippen molar-refractivity contribution >= 4 is 27.3 Å². The Morgan fingerprint density at radius 2 is 2.32 bits per heavy atom. The first-order chi connectivity index (χ1) is 9.16. The highest BCUT2D eigenvalue weighted by atomic mass is 79.9. The van der Waals surface area contributed by atoms with Crippen molar-refractivity contribution in [3.63, 3.8) is 0 Å². The maximum absolute atomic E-state index is 11.2. The first kappa shape index (κ1) is 12.8. The van der Waals surface area contributed by atoms with Crippen molar-refractivity contribution < 1.29 is 4.92 Å². The molecule has 2 saturated heterocycles. The minimum Gasteiger partial charge on any atom is -0.365 e. The molecular formula is C12H15BrN4O2. The zero-order valence-electron chi connectivity index (χ0n) is 10.4. The summed E-state index contributed by atoms with van der Waals surface area (Å²) < 4.78 is 0.700. The van der Waals surface area contributed by atoms with E-state index in [1.54, 1.807) is 6.20 Å². The van der Waals surface area contributed by atoms with Gasteiger partial charge < -0.3 is 10.2 Å². The summed E-state index contributed by atoms with van der Waals surface area (Å²) in [7, 11) is 0. The minimum absolute atomic E-state index is 0.0822. The Bertz CT molecular complexity index is 511. The fraction of sp³-hybridized carbons (Fsp3) is 0.583. The predicted octanol–water partition coefficient (Wildman–Crippen LogP) is 1.94. The Kier molecular flexibility index (Phi) is 3.40. The van der Waals surface area contributed by atoms with Crippen molar-refractivity contribution in [2.24, 2.45) is 5.92 Å². The van der Waals surface area contributed by atoms with E-state index >= 15 is 0 Å². The summed E-state index contributed by atoms with van der Waals surface area (Å²) in [6.07, 6.45) is 5.15. The van der Waals surface area contributed by atoms with E-state index in [0.717, 1.165) is 32.5 Å². The monoisotopic (exact) mass is 326 g/mol. The van der Waals surface area contributed by atoms with Crippen molar-refractivity contribution in [1.29, 1.82) is 0 Å². The number of nitro groups is 1. The summed E-state index contributed by atoms with van der Waals surface area (Å²) in [6, 6.07) is 0.580. The molecular weight excluding hydrogens is 312 g/mol. The van der Waals surface area contributed by atoms with Gasteiger partial charge in [-0.15, -0.1) is 0 Å². The van der Waals surface area contributed by atoms with Gasteiger partial charge in [-0.25, -0.2) is 0 Å². The molecule has 1 aromatic heterocycles. The van der Waals surface area contributed by atoms with Crippen molar-refractivity contribution in [1.82, 2.24) is 10.3 Å². The second-order valence-electron chi connectivity index (χ2n) is 5.09. The third-order valence-corrected chi connectivity index (χ3v) is 4.60. The van der Waals surface area contributed by atoms with Gasteiger partial charge in [0.25, 0.3) is 0 Å². The highest BCUT2D eigenvalue weighted by Crippen LogP contribution is 2.38. The maximum Gasteiger partial charge on any atom is 0.311 e. The summed E-state index contributed by atoms with van der Waals surface area (Å²) in [5, 5.41) is 14.6. The third-order valence-electron chi connectivity index (χ3n) is 4.02. The van der Waals surface area contributed by atoms with Crippen LogP contribution in [0.5, 0.6) is 0 Å². The number of fused-ring (bicyclic) bond motifs is 1. The van der Waals surface area contributed by atoms with Crippen LogP contribution in [0, 0.1) is 16.0 Å². The summed E-state index contributed by atoms with van der Waals surface area (Å²) >= 11 is 3.40. The standard InChI is InChI=1S/C12H15BrN4O2/c13-9-5-14-6-11(17(18)19)12(9)16-4-2-10-8(7-16)1-3-15-10/h5-6,8,10,15H,1-4,7H2. The highest BCUT2D eigenvalue weighted by Gasteiger charge is 2.35. The lowest BCUT2D eigenvalue weighted by Crippen LogP contribution is -2.44. The van der Waals surface area contributed by atoms with Gasteiger partial charge in [-0.1, -0.05) is 0 Å². The van der Waals surface area contributed by atoms with Crippen LogP contribution in [0.15, 0.2) is 16.9 Å². The van der Waals surface area contributed by atoms with E-state index in [1.807, 2.05) is 0 Å². The molecule has 2 aliphatic rings. The fourth-order valence-corrected chi connectivity index (χ4v) is 3.69. The first-order valence-corrected chi connectivity index (χ1v) is 7.22. The molecule has 19 heavy (non-hydrogen) atoms. The lowest BCUT2D eigenvalue weighted by molar-refractivity contribution is -0.384. The van der Waals surface area contributed by atoms with E-state index < -0.39 is 0 Å². The van der Waals surface area contributed by atoms with E-state index in [0.29, 0.717) is 22.1 Å². The van der Waals surface area contributed by atoms with Gasteiger partial charge in [0.2, 0.25) is 0 Å². The van der Waals surface area contributed by atoms with Crippen LogP contribution in [0.2, 0.25) is 0 Å². The number of piperidine rings is 1. The lowest BCUT2D eigenvalue weighted by atomic mass is 9.93. The van der Waals surface area contributed by atoms with Crippen molar-refractivity contribution in [2.75, 3.05) is 24.5 Å². The molecule has 0 bridgehead atoms. The van der Waals surface area contributed by atoms with Gasteiger partial charge in [-0.05, 0) is 41.2 Å². The van der Waals surface area contributed by atoms with E-state index in [-0.39, 0.29) is 10.6 Å². The molecule has 2 atom stereocenters. The van der Waals surface area contributed by atoms with Gasteiger partial charge >= 0.3 is 5.69 Å². The van der Waals surface area contributed by atoms with Crippen molar-refractivity contribution in [3.8, 4) is 0 Å². The molecule has 6 nitrogen and oxygen atoms in total. The minimum atomic E-state index is -0.355. The van der Waals surface area contributed by atoms with E-state index in [1.165, 1.54) is 6.20 Å². The maximum atomic E-state index is 11.2. The molecule has 2 fully saturated rings. The Morgan fingerprint density at radius 1 is 1.47 bits per heavy atom. The van der Waals surface area contributed by atoms with E-state index in [9.17, 15) is 10.1 Å². The fourth-order valence-electron chi connectivity index (χ4n) is 3.12. The molecule has 0 aliphatic carbocycles. The van der Waals surface area contributed by atoms with Crippen LogP contribution in [0.1, 0.15) is 12.8 Å². The van der Waals surface area contributed by atoms with Crippen LogP contribution >= 0.6 is 15.9 Å². The van der Waals surface area contributed by atoms with Gasteiger partial charge in [0.15, 0.2) is 0 Å². The molecule has 2 unspecified atom stereocenters. The smallest absolute Gasteiger partial charge is 0.311 e. The molecule has 7 heteroatoms. The summed E-state index contributed by atoms with van der Waals surface area (Å²) in [4.78, 5) is 16.8. The average molecular weight is 327 g/mol. The second-order valence-corrected chi connectivity index (χ2v) is 5.94. The molecule has 2 aliphatic heterocycles. The number of pyridine rings is 1. The third kappa shape index (κ3) is 2.32. The molecule has 0 aromatic carbocycles. The number of nitrogens with zero attached hydrogens (tertiary/aromatic N) is 3.